The molecule has 0 aromatic heterocycles. The highest BCUT2D eigenvalue weighted by Crippen LogP contribution is 2.50. The molecule has 1 rings (SSSR count). The molecule has 1 saturated heterocycles. The average molecular weight is 264 g/mol. The number of ether oxygens (including phenoxy) is 1. The Balaban J connectivity index is 2.51. The molecule has 1 aliphatic rings. The molecule has 0 radical (unpaired) electrons. The van der Waals surface area contributed by atoms with Crippen LogP contribution in [0.4, 0.5) is 0 Å². The van der Waals surface area contributed by atoms with Gasteiger partial charge in [-0.3, -0.25) is 4.57 Å². The van der Waals surface area contributed by atoms with E-state index in [1.54, 1.807) is 0 Å². The van der Waals surface area contributed by atoms with Gasteiger partial charge in [-0.05, 0) is 39.5 Å². The molecule has 0 bridgehead atoms. The average Bonchev–Trinajstić information content (AvgIpc) is 2.65. The summed E-state index contributed by atoms with van der Waals surface area (Å²) in [7, 11) is -2.93. The third-order valence-electron chi connectivity index (χ3n) is 3.06. The van der Waals surface area contributed by atoms with Gasteiger partial charge in [-0.15, -0.1) is 0 Å². The van der Waals surface area contributed by atoms with Crippen molar-refractivity contribution >= 4 is 7.60 Å². The van der Waals surface area contributed by atoms with Crippen molar-refractivity contribution in [1.82, 2.24) is 0 Å². The molecule has 1 fully saturated rings. The molecule has 17 heavy (non-hydrogen) atoms. The highest BCUT2D eigenvalue weighted by Gasteiger charge is 2.33. The van der Waals surface area contributed by atoms with Crippen molar-refractivity contribution in [2.45, 2.75) is 52.7 Å². The lowest BCUT2D eigenvalue weighted by Crippen LogP contribution is -2.22. The van der Waals surface area contributed by atoms with Gasteiger partial charge in [-0.2, -0.15) is 0 Å². The standard InChI is InChI=1S/C12H25O4P/c1-5-14-17(13,15-6-2)9-10(3)12-8-7-11(4)16-12/h10-12H,5-9H2,1-4H3/t10?,11-,12?/m0/s1. The largest absolute Gasteiger partial charge is 0.375 e. The Morgan fingerprint density at radius 1 is 1.29 bits per heavy atom. The zero-order valence-corrected chi connectivity index (χ0v) is 12.2. The Morgan fingerprint density at radius 3 is 2.29 bits per heavy atom. The van der Waals surface area contributed by atoms with Gasteiger partial charge in [0.05, 0.1) is 31.6 Å². The second-order valence-corrected chi connectivity index (χ2v) is 6.77. The summed E-state index contributed by atoms with van der Waals surface area (Å²) in [4.78, 5) is 0. The third kappa shape index (κ3) is 4.70. The van der Waals surface area contributed by atoms with E-state index < -0.39 is 7.60 Å². The second kappa shape index (κ2) is 6.89. The lowest BCUT2D eigenvalue weighted by molar-refractivity contribution is 0.0277. The van der Waals surface area contributed by atoms with Gasteiger partial charge in [0, 0.05) is 0 Å². The Hall–Kier alpha value is 0.110. The first-order chi connectivity index (χ1) is 8.00. The minimum absolute atomic E-state index is 0.194. The van der Waals surface area contributed by atoms with E-state index in [9.17, 15) is 4.57 Å². The van der Waals surface area contributed by atoms with Gasteiger partial charge in [-0.25, -0.2) is 0 Å². The fourth-order valence-electron chi connectivity index (χ4n) is 2.26. The second-order valence-electron chi connectivity index (χ2n) is 4.67. The van der Waals surface area contributed by atoms with Crippen molar-refractivity contribution in [3.05, 3.63) is 0 Å². The van der Waals surface area contributed by atoms with Gasteiger partial charge in [0.2, 0.25) is 0 Å². The monoisotopic (exact) mass is 264 g/mol. The van der Waals surface area contributed by atoms with Crippen molar-refractivity contribution in [3.63, 3.8) is 0 Å². The molecule has 3 atom stereocenters. The quantitative estimate of drug-likeness (QED) is 0.661. The molecule has 2 unspecified atom stereocenters. The fraction of sp³-hybridized carbons (Fsp3) is 1.00. The van der Waals surface area contributed by atoms with Crippen LogP contribution in [0.2, 0.25) is 0 Å². The van der Waals surface area contributed by atoms with E-state index in [4.69, 9.17) is 13.8 Å². The SMILES string of the molecule is CCOP(=O)(CC(C)C1CC[C@H](C)O1)OCC. The van der Waals surface area contributed by atoms with E-state index in [2.05, 4.69) is 13.8 Å². The summed E-state index contributed by atoms with van der Waals surface area (Å²) in [5.74, 6) is 0.212. The van der Waals surface area contributed by atoms with Crippen molar-refractivity contribution in [3.8, 4) is 0 Å². The minimum atomic E-state index is -2.93. The predicted molar refractivity (Wildman–Crippen MR) is 68.5 cm³/mol. The van der Waals surface area contributed by atoms with Crippen LogP contribution in [0.25, 0.3) is 0 Å². The predicted octanol–water partition coefficient (Wildman–Crippen LogP) is 3.46. The highest BCUT2D eigenvalue weighted by molar-refractivity contribution is 7.53. The van der Waals surface area contributed by atoms with Gasteiger partial charge >= 0.3 is 7.60 Å². The molecular weight excluding hydrogens is 239 g/mol. The van der Waals surface area contributed by atoms with Crippen LogP contribution in [0.3, 0.4) is 0 Å². The van der Waals surface area contributed by atoms with E-state index in [0.717, 1.165) is 12.8 Å². The van der Waals surface area contributed by atoms with Crippen LogP contribution in [-0.2, 0) is 18.3 Å². The molecule has 0 amide bonds. The molecule has 1 heterocycles. The van der Waals surface area contributed by atoms with Crippen LogP contribution in [-0.4, -0.2) is 31.6 Å². The zero-order valence-electron chi connectivity index (χ0n) is 11.3. The Morgan fingerprint density at radius 2 is 1.88 bits per heavy atom. The third-order valence-corrected chi connectivity index (χ3v) is 5.39. The van der Waals surface area contributed by atoms with Crippen molar-refractivity contribution in [2.24, 2.45) is 5.92 Å². The normalized spacial score (nSPS) is 27.3. The topological polar surface area (TPSA) is 44.8 Å². The molecule has 0 spiro atoms. The smallest absolute Gasteiger partial charge is 0.331 e. The molecule has 102 valence electrons. The summed E-state index contributed by atoms with van der Waals surface area (Å²) in [6.45, 7) is 8.66. The summed E-state index contributed by atoms with van der Waals surface area (Å²) in [6.07, 6.45) is 3.09. The highest BCUT2D eigenvalue weighted by atomic mass is 31.2. The van der Waals surface area contributed by atoms with Crippen LogP contribution in [0.5, 0.6) is 0 Å². The van der Waals surface area contributed by atoms with E-state index in [1.165, 1.54) is 0 Å². The lowest BCUT2D eigenvalue weighted by atomic mass is 10.0. The van der Waals surface area contributed by atoms with E-state index in [-0.39, 0.29) is 12.0 Å². The van der Waals surface area contributed by atoms with E-state index >= 15 is 0 Å². The molecule has 0 saturated carbocycles. The fourth-order valence-corrected chi connectivity index (χ4v) is 4.27. The molecule has 0 aliphatic carbocycles. The van der Waals surface area contributed by atoms with Crippen LogP contribution in [0.15, 0.2) is 0 Å². The van der Waals surface area contributed by atoms with Gasteiger partial charge in [-0.1, -0.05) is 6.92 Å². The Bertz CT molecular complexity index is 259. The number of hydrogen-bond acceptors (Lipinski definition) is 4. The Labute approximate surface area is 105 Å². The van der Waals surface area contributed by atoms with Crippen LogP contribution in [0.1, 0.15) is 40.5 Å². The summed E-state index contributed by atoms with van der Waals surface area (Å²) in [5.41, 5.74) is 0. The summed E-state index contributed by atoms with van der Waals surface area (Å²) in [6, 6.07) is 0. The maximum Gasteiger partial charge on any atom is 0.331 e. The first-order valence-electron chi connectivity index (χ1n) is 6.54. The molecule has 0 aromatic carbocycles. The summed E-state index contributed by atoms with van der Waals surface area (Å²) in [5, 5.41) is 0. The van der Waals surface area contributed by atoms with Crippen molar-refractivity contribution in [2.75, 3.05) is 19.4 Å². The minimum Gasteiger partial charge on any atom is -0.375 e. The molecule has 4 nitrogen and oxygen atoms in total. The van der Waals surface area contributed by atoms with E-state index in [0.29, 0.717) is 25.5 Å². The van der Waals surface area contributed by atoms with Gasteiger partial charge in [0.25, 0.3) is 0 Å². The van der Waals surface area contributed by atoms with Gasteiger partial charge in [0.1, 0.15) is 0 Å². The number of rotatable bonds is 7. The van der Waals surface area contributed by atoms with Crippen molar-refractivity contribution in [1.29, 1.82) is 0 Å². The molecular formula is C12H25O4P. The van der Waals surface area contributed by atoms with Crippen molar-refractivity contribution < 1.29 is 18.3 Å². The van der Waals surface area contributed by atoms with Crippen LogP contribution >= 0.6 is 7.60 Å². The van der Waals surface area contributed by atoms with E-state index in [1.807, 2.05) is 13.8 Å². The molecule has 0 N–H and O–H groups in total. The zero-order chi connectivity index (χ0) is 12.9. The van der Waals surface area contributed by atoms with Crippen LogP contribution in [0, 0.1) is 5.92 Å². The molecule has 5 heteroatoms. The summed E-state index contributed by atoms with van der Waals surface area (Å²) >= 11 is 0. The van der Waals surface area contributed by atoms with Gasteiger partial charge in [0.15, 0.2) is 0 Å². The number of hydrogen-bond donors (Lipinski definition) is 0. The Kier molecular flexibility index (Phi) is 6.14. The first-order valence-corrected chi connectivity index (χ1v) is 8.27. The maximum atomic E-state index is 12.4. The summed E-state index contributed by atoms with van der Waals surface area (Å²) < 4.78 is 28.8. The van der Waals surface area contributed by atoms with Gasteiger partial charge < -0.3 is 13.8 Å². The maximum absolute atomic E-state index is 12.4. The lowest BCUT2D eigenvalue weighted by Gasteiger charge is -2.24. The first kappa shape index (κ1) is 15.2. The van der Waals surface area contributed by atoms with Crippen LogP contribution < -0.4 is 0 Å². The molecule has 1 aliphatic heterocycles. The molecule has 0 aromatic rings.